The van der Waals surface area contributed by atoms with E-state index in [1.807, 2.05) is 30.0 Å². The molecule has 0 saturated carbocycles. The molecule has 1 aliphatic rings. The molecule has 1 atom stereocenters. The van der Waals surface area contributed by atoms with Gasteiger partial charge in [0.05, 0.1) is 6.04 Å². The van der Waals surface area contributed by atoms with E-state index in [-0.39, 0.29) is 11.9 Å². The first-order valence-electron chi connectivity index (χ1n) is 5.87. The van der Waals surface area contributed by atoms with Crippen LogP contribution in [0.4, 0.5) is 0 Å². The van der Waals surface area contributed by atoms with E-state index in [9.17, 15) is 4.79 Å². The molecule has 1 saturated heterocycles. The molecule has 1 heterocycles. The summed E-state index contributed by atoms with van der Waals surface area (Å²) in [5.41, 5.74) is 1.20. The predicted octanol–water partition coefficient (Wildman–Crippen LogP) is 1.40. The van der Waals surface area contributed by atoms with Crippen LogP contribution in [-0.2, 0) is 11.3 Å². The number of carbonyl (C=O) groups is 1. The van der Waals surface area contributed by atoms with E-state index in [1.54, 1.807) is 0 Å². The Bertz CT molecular complexity index is 350. The largest absolute Gasteiger partial charge is 0.336 e. The molecule has 1 aromatic carbocycles. The molecule has 0 unspecified atom stereocenters. The highest BCUT2D eigenvalue weighted by Gasteiger charge is 2.26. The Kier molecular flexibility index (Phi) is 3.57. The maximum Gasteiger partial charge on any atom is 0.240 e. The average molecular weight is 218 g/mol. The van der Waals surface area contributed by atoms with Gasteiger partial charge in [0.1, 0.15) is 0 Å². The van der Waals surface area contributed by atoms with Crippen molar-refractivity contribution in [1.29, 1.82) is 0 Å². The summed E-state index contributed by atoms with van der Waals surface area (Å²) < 4.78 is 0. The third kappa shape index (κ3) is 2.42. The Morgan fingerprint density at radius 2 is 2.12 bits per heavy atom. The Morgan fingerprint density at radius 1 is 1.38 bits per heavy atom. The van der Waals surface area contributed by atoms with Gasteiger partial charge in [0.2, 0.25) is 5.91 Å². The van der Waals surface area contributed by atoms with Crippen LogP contribution in [0.1, 0.15) is 18.9 Å². The highest BCUT2D eigenvalue weighted by Crippen LogP contribution is 2.10. The van der Waals surface area contributed by atoms with E-state index in [1.165, 1.54) is 5.56 Å². The van der Waals surface area contributed by atoms with Gasteiger partial charge in [0.15, 0.2) is 0 Å². The summed E-state index contributed by atoms with van der Waals surface area (Å²) >= 11 is 0. The van der Waals surface area contributed by atoms with Crippen molar-refractivity contribution < 1.29 is 4.79 Å². The molecule has 2 rings (SSSR count). The van der Waals surface area contributed by atoms with Gasteiger partial charge in [0.25, 0.3) is 0 Å². The number of piperazine rings is 1. The standard InChI is InChI=1S/C13H18N2O/c1-2-12-13(16)15(9-8-14-12)10-11-6-4-3-5-7-11/h3-7,12,14H,2,8-10H2,1H3/t12-/m1/s1. The van der Waals surface area contributed by atoms with Crippen LogP contribution < -0.4 is 5.32 Å². The number of hydrogen-bond donors (Lipinski definition) is 1. The summed E-state index contributed by atoms with van der Waals surface area (Å²) in [4.78, 5) is 14.0. The van der Waals surface area contributed by atoms with E-state index in [2.05, 4.69) is 17.4 Å². The summed E-state index contributed by atoms with van der Waals surface area (Å²) in [5, 5.41) is 3.24. The fourth-order valence-corrected chi connectivity index (χ4v) is 2.07. The summed E-state index contributed by atoms with van der Waals surface area (Å²) in [6.07, 6.45) is 0.865. The Hall–Kier alpha value is -1.35. The molecule has 1 aromatic rings. The molecule has 0 aromatic heterocycles. The molecule has 1 amide bonds. The lowest BCUT2D eigenvalue weighted by Gasteiger charge is -2.32. The van der Waals surface area contributed by atoms with Gasteiger partial charge >= 0.3 is 0 Å². The highest BCUT2D eigenvalue weighted by atomic mass is 16.2. The zero-order chi connectivity index (χ0) is 11.4. The van der Waals surface area contributed by atoms with Crippen molar-refractivity contribution in [3.8, 4) is 0 Å². The van der Waals surface area contributed by atoms with E-state index >= 15 is 0 Å². The molecular formula is C13H18N2O. The second-order valence-electron chi connectivity index (χ2n) is 4.16. The summed E-state index contributed by atoms with van der Waals surface area (Å²) in [7, 11) is 0. The molecular weight excluding hydrogens is 200 g/mol. The summed E-state index contributed by atoms with van der Waals surface area (Å²) in [5.74, 6) is 0.234. The summed E-state index contributed by atoms with van der Waals surface area (Å²) in [6, 6.07) is 10.2. The van der Waals surface area contributed by atoms with Crippen molar-refractivity contribution in [3.05, 3.63) is 35.9 Å². The first-order valence-corrected chi connectivity index (χ1v) is 5.87. The van der Waals surface area contributed by atoms with Crippen molar-refractivity contribution in [2.75, 3.05) is 13.1 Å². The van der Waals surface area contributed by atoms with E-state index < -0.39 is 0 Å². The molecule has 0 bridgehead atoms. The lowest BCUT2D eigenvalue weighted by molar-refractivity contribution is -0.136. The van der Waals surface area contributed by atoms with Gasteiger partial charge in [-0.1, -0.05) is 37.3 Å². The Labute approximate surface area is 96.5 Å². The third-order valence-electron chi connectivity index (χ3n) is 3.01. The SMILES string of the molecule is CC[C@H]1NCCN(Cc2ccccc2)C1=O. The summed E-state index contributed by atoms with van der Waals surface area (Å²) in [6.45, 7) is 4.49. The van der Waals surface area contributed by atoms with E-state index in [0.29, 0.717) is 0 Å². The monoisotopic (exact) mass is 218 g/mol. The minimum absolute atomic E-state index is 0.0115. The van der Waals surface area contributed by atoms with Gasteiger partial charge in [-0.3, -0.25) is 4.79 Å². The molecule has 3 nitrogen and oxygen atoms in total. The third-order valence-corrected chi connectivity index (χ3v) is 3.01. The van der Waals surface area contributed by atoms with Gasteiger partial charge in [-0.05, 0) is 12.0 Å². The van der Waals surface area contributed by atoms with Gasteiger partial charge < -0.3 is 10.2 Å². The molecule has 0 aliphatic carbocycles. The molecule has 1 aliphatic heterocycles. The predicted molar refractivity (Wildman–Crippen MR) is 63.9 cm³/mol. The van der Waals surface area contributed by atoms with E-state index in [4.69, 9.17) is 0 Å². The number of carbonyl (C=O) groups excluding carboxylic acids is 1. The number of rotatable bonds is 3. The average Bonchev–Trinajstić information content (AvgIpc) is 2.33. The number of nitrogens with one attached hydrogen (secondary N) is 1. The van der Waals surface area contributed by atoms with Crippen LogP contribution in [0.3, 0.4) is 0 Å². The molecule has 1 fully saturated rings. The minimum atomic E-state index is 0.0115. The molecule has 86 valence electrons. The van der Waals surface area contributed by atoms with Crippen LogP contribution >= 0.6 is 0 Å². The molecule has 16 heavy (non-hydrogen) atoms. The quantitative estimate of drug-likeness (QED) is 0.831. The van der Waals surface area contributed by atoms with Crippen molar-refractivity contribution in [2.45, 2.75) is 25.9 Å². The van der Waals surface area contributed by atoms with Gasteiger partial charge in [-0.25, -0.2) is 0 Å². The molecule has 3 heteroatoms. The van der Waals surface area contributed by atoms with Crippen LogP contribution in [0.25, 0.3) is 0 Å². The smallest absolute Gasteiger partial charge is 0.240 e. The zero-order valence-corrected chi connectivity index (χ0v) is 9.65. The normalized spacial score (nSPS) is 21.2. The van der Waals surface area contributed by atoms with Crippen molar-refractivity contribution >= 4 is 5.91 Å². The lowest BCUT2D eigenvalue weighted by atomic mass is 10.1. The zero-order valence-electron chi connectivity index (χ0n) is 9.65. The first kappa shape index (κ1) is 11.1. The van der Waals surface area contributed by atoms with Crippen LogP contribution in [-0.4, -0.2) is 29.9 Å². The number of nitrogens with zero attached hydrogens (tertiary/aromatic N) is 1. The topological polar surface area (TPSA) is 32.3 Å². The van der Waals surface area contributed by atoms with Crippen LogP contribution in [0, 0.1) is 0 Å². The van der Waals surface area contributed by atoms with Crippen molar-refractivity contribution in [1.82, 2.24) is 10.2 Å². The Morgan fingerprint density at radius 3 is 2.81 bits per heavy atom. The second-order valence-corrected chi connectivity index (χ2v) is 4.16. The van der Waals surface area contributed by atoms with Crippen LogP contribution in [0.15, 0.2) is 30.3 Å². The van der Waals surface area contributed by atoms with Crippen molar-refractivity contribution in [2.24, 2.45) is 0 Å². The maximum absolute atomic E-state index is 12.0. The first-order chi connectivity index (χ1) is 7.81. The molecule has 1 N–H and O–H groups in total. The van der Waals surface area contributed by atoms with Gasteiger partial charge in [0, 0.05) is 19.6 Å². The van der Waals surface area contributed by atoms with E-state index in [0.717, 1.165) is 26.1 Å². The lowest BCUT2D eigenvalue weighted by Crippen LogP contribution is -2.54. The number of benzene rings is 1. The molecule has 0 radical (unpaired) electrons. The number of amides is 1. The molecule has 0 spiro atoms. The van der Waals surface area contributed by atoms with Crippen LogP contribution in [0.2, 0.25) is 0 Å². The fraction of sp³-hybridized carbons (Fsp3) is 0.462. The second kappa shape index (κ2) is 5.12. The van der Waals surface area contributed by atoms with Gasteiger partial charge in [-0.15, -0.1) is 0 Å². The maximum atomic E-state index is 12.0. The van der Waals surface area contributed by atoms with Crippen LogP contribution in [0.5, 0.6) is 0 Å². The number of hydrogen-bond acceptors (Lipinski definition) is 2. The highest BCUT2D eigenvalue weighted by molar-refractivity contribution is 5.82. The van der Waals surface area contributed by atoms with Gasteiger partial charge in [-0.2, -0.15) is 0 Å². The minimum Gasteiger partial charge on any atom is -0.336 e. The van der Waals surface area contributed by atoms with Crippen molar-refractivity contribution in [3.63, 3.8) is 0 Å². The Balaban J connectivity index is 2.02. The fourth-order valence-electron chi connectivity index (χ4n) is 2.07.